The summed E-state index contributed by atoms with van der Waals surface area (Å²) in [7, 11) is 0. The van der Waals surface area contributed by atoms with E-state index in [0.717, 1.165) is 5.56 Å². The normalized spacial score (nSPS) is 10.6. The van der Waals surface area contributed by atoms with E-state index in [4.69, 9.17) is 35.0 Å². The summed E-state index contributed by atoms with van der Waals surface area (Å²) in [6.07, 6.45) is 0. The van der Waals surface area contributed by atoms with E-state index in [2.05, 4.69) is 5.32 Å². The molecule has 0 bridgehead atoms. The van der Waals surface area contributed by atoms with Gasteiger partial charge in [0.1, 0.15) is 30.5 Å². The fourth-order valence-corrected chi connectivity index (χ4v) is 3.65. The molecule has 4 aromatic rings. The lowest BCUT2D eigenvalue weighted by atomic mass is 10.2. The van der Waals surface area contributed by atoms with E-state index in [0.29, 0.717) is 59.3 Å². The molecule has 0 saturated heterocycles. The molecule has 7 nitrogen and oxygen atoms in total. The monoisotopic (exact) mass is 521 g/mol. The summed E-state index contributed by atoms with van der Waals surface area (Å²) >= 11 is 5.96. The fraction of sp³-hybridized carbons (Fsp3) is 0.207. The van der Waals surface area contributed by atoms with E-state index >= 15 is 0 Å². The Bertz CT molecular complexity index is 1320. The van der Waals surface area contributed by atoms with Crippen LogP contribution in [0.4, 0.5) is 5.69 Å². The van der Waals surface area contributed by atoms with Gasteiger partial charge in [-0.15, -0.1) is 0 Å². The molecule has 0 radical (unpaired) electrons. The highest BCUT2D eigenvalue weighted by Gasteiger charge is 2.12. The van der Waals surface area contributed by atoms with E-state index in [1.54, 1.807) is 60.7 Å². The minimum absolute atomic E-state index is 0.181. The second kappa shape index (κ2) is 12.7. The van der Waals surface area contributed by atoms with Crippen molar-refractivity contribution in [1.29, 1.82) is 0 Å². The molecular formula is C29H28ClNO6. The van der Waals surface area contributed by atoms with Crippen LogP contribution in [0.15, 0.2) is 83.3 Å². The number of benzene rings is 3. The quantitative estimate of drug-likeness (QED) is 0.213. The molecule has 0 aliphatic carbocycles. The van der Waals surface area contributed by atoms with Gasteiger partial charge in [0.05, 0.1) is 13.2 Å². The first kappa shape index (κ1) is 26.0. The number of rotatable bonds is 12. The van der Waals surface area contributed by atoms with Gasteiger partial charge < -0.3 is 28.7 Å². The van der Waals surface area contributed by atoms with E-state index in [9.17, 15) is 4.79 Å². The highest BCUT2D eigenvalue weighted by Crippen LogP contribution is 2.29. The van der Waals surface area contributed by atoms with E-state index in [-0.39, 0.29) is 18.3 Å². The third-order valence-electron chi connectivity index (χ3n) is 5.19. The Morgan fingerprint density at radius 3 is 2.30 bits per heavy atom. The first-order valence-electron chi connectivity index (χ1n) is 11.9. The number of hydrogen-bond acceptors (Lipinski definition) is 6. The molecule has 3 aromatic carbocycles. The van der Waals surface area contributed by atoms with Crippen LogP contribution in [-0.2, 0) is 13.2 Å². The number of ether oxygens (including phenoxy) is 4. The van der Waals surface area contributed by atoms with Crippen LogP contribution in [0.1, 0.15) is 35.7 Å². The van der Waals surface area contributed by atoms with E-state index in [1.165, 1.54) is 0 Å². The molecule has 1 heterocycles. The van der Waals surface area contributed by atoms with Crippen LogP contribution in [0.2, 0.25) is 5.02 Å². The van der Waals surface area contributed by atoms with Crippen molar-refractivity contribution < 1.29 is 28.2 Å². The predicted octanol–water partition coefficient (Wildman–Crippen LogP) is 7.14. The number of amides is 1. The molecule has 0 unspecified atom stereocenters. The highest BCUT2D eigenvalue weighted by molar-refractivity contribution is 6.30. The van der Waals surface area contributed by atoms with Gasteiger partial charge in [-0.1, -0.05) is 23.7 Å². The lowest BCUT2D eigenvalue weighted by Gasteiger charge is -2.13. The average molecular weight is 522 g/mol. The van der Waals surface area contributed by atoms with Crippen LogP contribution in [0, 0.1) is 0 Å². The van der Waals surface area contributed by atoms with Crippen LogP contribution in [0.5, 0.6) is 23.0 Å². The number of halogens is 1. The average Bonchev–Trinajstić information content (AvgIpc) is 3.38. The van der Waals surface area contributed by atoms with Crippen molar-refractivity contribution in [3.63, 3.8) is 0 Å². The molecule has 0 fully saturated rings. The molecule has 0 spiro atoms. The third-order valence-corrected chi connectivity index (χ3v) is 5.42. The zero-order chi connectivity index (χ0) is 26.0. The van der Waals surface area contributed by atoms with Crippen molar-refractivity contribution in [3.05, 3.63) is 101 Å². The number of anilines is 1. The van der Waals surface area contributed by atoms with Crippen LogP contribution < -0.4 is 24.3 Å². The third kappa shape index (κ3) is 7.44. The molecule has 8 heteroatoms. The van der Waals surface area contributed by atoms with Gasteiger partial charge in [-0.2, -0.15) is 0 Å². The molecule has 192 valence electrons. The van der Waals surface area contributed by atoms with Crippen molar-refractivity contribution in [1.82, 2.24) is 0 Å². The minimum atomic E-state index is -0.361. The Labute approximate surface area is 220 Å². The fourth-order valence-electron chi connectivity index (χ4n) is 3.47. The van der Waals surface area contributed by atoms with Crippen molar-refractivity contribution in [2.75, 3.05) is 18.5 Å². The molecule has 0 aliphatic heterocycles. The largest absolute Gasteiger partial charge is 0.490 e. The maximum Gasteiger partial charge on any atom is 0.291 e. The van der Waals surface area contributed by atoms with Gasteiger partial charge in [0.25, 0.3) is 5.91 Å². The van der Waals surface area contributed by atoms with Crippen molar-refractivity contribution in [2.45, 2.75) is 27.1 Å². The molecule has 4 rings (SSSR count). The zero-order valence-corrected chi connectivity index (χ0v) is 21.4. The van der Waals surface area contributed by atoms with Gasteiger partial charge >= 0.3 is 0 Å². The summed E-state index contributed by atoms with van der Waals surface area (Å²) in [4.78, 5) is 12.6. The van der Waals surface area contributed by atoms with Crippen LogP contribution in [-0.4, -0.2) is 19.1 Å². The molecule has 1 amide bonds. The van der Waals surface area contributed by atoms with Crippen molar-refractivity contribution >= 4 is 23.2 Å². The van der Waals surface area contributed by atoms with Gasteiger partial charge in [-0.25, -0.2) is 0 Å². The van der Waals surface area contributed by atoms with Crippen LogP contribution in [0.25, 0.3) is 0 Å². The number of hydrogen-bond donors (Lipinski definition) is 1. The molecule has 1 aromatic heterocycles. The van der Waals surface area contributed by atoms with Gasteiger partial charge in [0.2, 0.25) is 0 Å². The lowest BCUT2D eigenvalue weighted by molar-refractivity contribution is 0.0992. The second-order valence-corrected chi connectivity index (χ2v) is 8.36. The standard InChI is InChI=1S/C29H28ClNO6/c1-3-33-26-14-8-20(16-28(26)34-4-2)18-35-23-11-9-22(10-12-23)31-29(32)27-15-13-25(37-27)19-36-24-7-5-6-21(30)17-24/h5-17H,3-4,18-19H2,1-2H3,(H,31,32). The summed E-state index contributed by atoms with van der Waals surface area (Å²) in [5.74, 6) is 3.05. The SMILES string of the molecule is CCOc1ccc(COc2ccc(NC(=O)c3ccc(COc4cccc(Cl)c4)o3)cc2)cc1OCC. The maximum atomic E-state index is 12.6. The molecule has 37 heavy (non-hydrogen) atoms. The topological polar surface area (TPSA) is 79.2 Å². The molecule has 0 aliphatic rings. The molecule has 0 saturated carbocycles. The van der Waals surface area contributed by atoms with Crippen molar-refractivity contribution in [2.24, 2.45) is 0 Å². The highest BCUT2D eigenvalue weighted by atomic mass is 35.5. The number of carbonyl (C=O) groups is 1. The Hall–Kier alpha value is -4.10. The summed E-state index contributed by atoms with van der Waals surface area (Å²) in [5.41, 5.74) is 1.57. The summed E-state index contributed by atoms with van der Waals surface area (Å²) in [5, 5.41) is 3.40. The summed E-state index contributed by atoms with van der Waals surface area (Å²) in [6.45, 7) is 5.53. The number of furan rings is 1. The Morgan fingerprint density at radius 2 is 1.54 bits per heavy atom. The number of carbonyl (C=O) groups excluding carboxylic acids is 1. The maximum absolute atomic E-state index is 12.6. The van der Waals surface area contributed by atoms with Crippen molar-refractivity contribution in [3.8, 4) is 23.0 Å². The first-order chi connectivity index (χ1) is 18.0. The zero-order valence-electron chi connectivity index (χ0n) is 20.7. The first-order valence-corrected chi connectivity index (χ1v) is 12.3. The van der Waals surface area contributed by atoms with Crippen LogP contribution in [0.3, 0.4) is 0 Å². The second-order valence-electron chi connectivity index (χ2n) is 7.93. The molecule has 0 atom stereocenters. The summed E-state index contributed by atoms with van der Waals surface area (Å²) < 4.78 is 28.4. The van der Waals surface area contributed by atoms with E-state index < -0.39 is 0 Å². The minimum Gasteiger partial charge on any atom is -0.490 e. The molecule has 1 N–H and O–H groups in total. The summed E-state index contributed by atoms with van der Waals surface area (Å²) in [6, 6.07) is 23.2. The van der Waals surface area contributed by atoms with Gasteiger partial charge in [0, 0.05) is 10.7 Å². The van der Waals surface area contributed by atoms with Gasteiger partial charge in [0.15, 0.2) is 17.3 Å². The van der Waals surface area contributed by atoms with Crippen LogP contribution >= 0.6 is 11.6 Å². The van der Waals surface area contributed by atoms with Gasteiger partial charge in [-0.3, -0.25) is 4.79 Å². The predicted molar refractivity (Wildman–Crippen MR) is 142 cm³/mol. The Morgan fingerprint density at radius 1 is 0.784 bits per heavy atom. The number of nitrogens with one attached hydrogen (secondary N) is 1. The smallest absolute Gasteiger partial charge is 0.291 e. The Balaban J connectivity index is 1.28. The Kier molecular flexibility index (Phi) is 8.94. The van der Waals surface area contributed by atoms with E-state index in [1.807, 2.05) is 32.0 Å². The molecular weight excluding hydrogens is 494 g/mol. The lowest BCUT2D eigenvalue weighted by Crippen LogP contribution is -2.10. The van der Waals surface area contributed by atoms with Gasteiger partial charge in [-0.05, 0) is 86.1 Å².